The number of guanidine groups is 1. The Balaban J connectivity index is 1.54. The highest BCUT2D eigenvalue weighted by Gasteiger charge is 2.26. The Morgan fingerprint density at radius 1 is 1.39 bits per heavy atom. The van der Waals surface area contributed by atoms with Gasteiger partial charge < -0.3 is 20.6 Å². The van der Waals surface area contributed by atoms with Crippen molar-refractivity contribution < 1.29 is 9.94 Å². The van der Waals surface area contributed by atoms with Crippen LogP contribution in [-0.2, 0) is 0 Å². The number of hydrogen-bond donors (Lipinski definition) is 3. The Morgan fingerprint density at radius 3 is 2.83 bits per heavy atom. The zero-order valence-electron chi connectivity index (χ0n) is 12.4. The Hall–Kier alpha value is -1.58. The molecule has 1 saturated heterocycles. The van der Waals surface area contributed by atoms with Crippen molar-refractivity contribution in [2.24, 2.45) is 10.9 Å². The van der Waals surface area contributed by atoms with Crippen LogP contribution in [0, 0.1) is 0 Å². The first-order chi connectivity index (χ1) is 11.2. The van der Waals surface area contributed by atoms with Gasteiger partial charge in [-0.2, -0.15) is 4.83 Å². The quantitative estimate of drug-likeness (QED) is 0.236. The number of hydrazine groups is 1. The number of nitrogens with one attached hydrogen (secondary N) is 1. The average molecular weight is 400 g/mol. The van der Waals surface area contributed by atoms with E-state index in [1.807, 2.05) is 30.5 Å². The van der Waals surface area contributed by atoms with Gasteiger partial charge >= 0.3 is 0 Å². The molecule has 1 fully saturated rings. The van der Waals surface area contributed by atoms with Crippen LogP contribution in [0.5, 0.6) is 5.75 Å². The molecule has 2 heterocycles. The first kappa shape index (κ1) is 16.3. The molecule has 0 bridgehead atoms. The number of benzene rings is 1. The number of para-hydroxylation sites is 1. The maximum absolute atomic E-state index is 8.70. The highest BCUT2D eigenvalue weighted by atomic mass is 79.9. The number of likely N-dealkylation sites (tertiary alicyclic amines) is 1. The van der Waals surface area contributed by atoms with Crippen LogP contribution in [0.15, 0.2) is 45.1 Å². The summed E-state index contributed by atoms with van der Waals surface area (Å²) in [6.45, 7) is 1.80. The fourth-order valence-corrected chi connectivity index (χ4v) is 3.67. The molecule has 7 nitrogen and oxygen atoms in total. The highest BCUT2D eigenvalue weighted by molar-refractivity contribution is 9.10. The summed E-state index contributed by atoms with van der Waals surface area (Å²) in [5.74, 6) is 0.903. The van der Waals surface area contributed by atoms with Crippen molar-refractivity contribution in [1.82, 2.24) is 14.7 Å². The summed E-state index contributed by atoms with van der Waals surface area (Å²) in [5, 5.41) is 14.2. The van der Waals surface area contributed by atoms with Crippen molar-refractivity contribution >= 4 is 33.8 Å². The topological polar surface area (TPSA) is 86.4 Å². The number of rotatable bonds is 3. The third-order valence-electron chi connectivity index (χ3n) is 3.72. The average Bonchev–Trinajstić information content (AvgIpc) is 3.07. The minimum Gasteiger partial charge on any atom is -0.489 e. The molecule has 0 spiro atoms. The van der Waals surface area contributed by atoms with E-state index in [0.717, 1.165) is 41.2 Å². The second-order valence-corrected chi connectivity index (χ2v) is 6.88. The number of piperidine rings is 1. The number of nitrogens with two attached hydrogens (primary N) is 1. The molecule has 1 aromatic carbocycles. The smallest absolute Gasteiger partial charge is 0.252 e. The van der Waals surface area contributed by atoms with Gasteiger partial charge in [-0.3, -0.25) is 0 Å². The fourth-order valence-electron chi connectivity index (χ4n) is 2.48. The molecule has 9 heteroatoms. The number of ether oxygens (including phenoxy) is 1. The van der Waals surface area contributed by atoms with Crippen LogP contribution < -0.4 is 15.3 Å². The third-order valence-corrected chi connectivity index (χ3v) is 5.24. The molecular formula is C14H18BrN5O2S. The molecule has 124 valence electrons. The lowest BCUT2D eigenvalue weighted by atomic mass is 10.1. The van der Waals surface area contributed by atoms with Gasteiger partial charge in [0.15, 0.2) is 0 Å². The van der Waals surface area contributed by atoms with Crippen molar-refractivity contribution in [1.29, 1.82) is 0 Å². The van der Waals surface area contributed by atoms with Crippen molar-refractivity contribution in [3.63, 3.8) is 0 Å². The molecule has 0 saturated carbocycles. The fraction of sp³-hybridized carbons (Fsp3) is 0.357. The van der Waals surface area contributed by atoms with E-state index < -0.39 is 0 Å². The molecule has 2 aliphatic rings. The molecule has 0 amide bonds. The van der Waals surface area contributed by atoms with Crippen LogP contribution in [-0.4, -0.2) is 40.3 Å². The molecule has 23 heavy (non-hydrogen) atoms. The van der Waals surface area contributed by atoms with Gasteiger partial charge in [0.1, 0.15) is 16.9 Å². The summed E-state index contributed by atoms with van der Waals surface area (Å²) in [6, 6.07) is 7.91. The standard InChI is InChI=1S/C14H18BrN5O2S/c15-11-3-1-2-4-12(11)22-10-5-7-19(8-6-10)13-9-20(18-23-13)14(16)17-21/h1-4,9-10,18,21H,5-8H2,(H2,16,17). The SMILES string of the molecule is NC(=NO)N1C=C(N2CCC(Oc3ccccc3Br)CC2)SN1. The van der Waals surface area contributed by atoms with Crippen LogP contribution in [0.4, 0.5) is 0 Å². The Morgan fingerprint density at radius 2 is 2.13 bits per heavy atom. The van der Waals surface area contributed by atoms with Crippen LogP contribution in [0.3, 0.4) is 0 Å². The molecular weight excluding hydrogens is 382 g/mol. The van der Waals surface area contributed by atoms with E-state index >= 15 is 0 Å². The number of halogens is 1. The van der Waals surface area contributed by atoms with E-state index in [2.05, 4.69) is 30.8 Å². The van der Waals surface area contributed by atoms with E-state index in [0.29, 0.717) is 0 Å². The van der Waals surface area contributed by atoms with Crippen LogP contribution >= 0.6 is 27.9 Å². The van der Waals surface area contributed by atoms with Gasteiger partial charge in [-0.1, -0.05) is 12.1 Å². The predicted octanol–water partition coefficient (Wildman–Crippen LogP) is 2.26. The van der Waals surface area contributed by atoms with E-state index in [1.165, 1.54) is 17.0 Å². The highest BCUT2D eigenvalue weighted by Crippen LogP contribution is 2.30. The third kappa shape index (κ3) is 3.85. The lowest BCUT2D eigenvalue weighted by Crippen LogP contribution is -2.37. The summed E-state index contributed by atoms with van der Waals surface area (Å²) in [4.78, 5) is 5.24. The first-order valence-electron chi connectivity index (χ1n) is 7.24. The number of oxime groups is 1. The lowest BCUT2D eigenvalue weighted by molar-refractivity contribution is 0.120. The van der Waals surface area contributed by atoms with Gasteiger partial charge in [-0.05, 0) is 45.2 Å². The molecule has 0 radical (unpaired) electrons. The normalized spacial score (nSPS) is 19.9. The predicted molar refractivity (Wildman–Crippen MR) is 93.4 cm³/mol. The molecule has 0 unspecified atom stereocenters. The number of nitrogens with zero attached hydrogens (tertiary/aromatic N) is 3. The molecule has 0 aliphatic carbocycles. The van der Waals surface area contributed by atoms with Gasteiger partial charge in [-0.25, -0.2) is 5.01 Å². The van der Waals surface area contributed by atoms with Gasteiger partial charge in [0.25, 0.3) is 5.96 Å². The van der Waals surface area contributed by atoms with Crippen LogP contribution in [0.2, 0.25) is 0 Å². The van der Waals surface area contributed by atoms with E-state index in [9.17, 15) is 0 Å². The van der Waals surface area contributed by atoms with Crippen molar-refractivity contribution in [2.45, 2.75) is 18.9 Å². The van der Waals surface area contributed by atoms with Crippen LogP contribution in [0.25, 0.3) is 0 Å². The molecule has 0 atom stereocenters. The van der Waals surface area contributed by atoms with E-state index in [1.54, 1.807) is 0 Å². The second-order valence-electron chi connectivity index (χ2n) is 5.22. The summed E-state index contributed by atoms with van der Waals surface area (Å²) in [5.41, 5.74) is 5.55. The summed E-state index contributed by atoms with van der Waals surface area (Å²) in [7, 11) is 0. The van der Waals surface area contributed by atoms with E-state index in [4.69, 9.17) is 15.7 Å². The Labute approximate surface area is 147 Å². The van der Waals surface area contributed by atoms with Gasteiger partial charge in [0, 0.05) is 25.9 Å². The van der Waals surface area contributed by atoms with Crippen molar-refractivity contribution in [3.05, 3.63) is 40.0 Å². The maximum Gasteiger partial charge on any atom is 0.252 e. The van der Waals surface area contributed by atoms with Crippen molar-refractivity contribution in [3.8, 4) is 5.75 Å². The summed E-state index contributed by atoms with van der Waals surface area (Å²) >= 11 is 4.96. The molecule has 2 aliphatic heterocycles. The Bertz CT molecular complexity index is 619. The molecule has 4 N–H and O–H groups in total. The summed E-state index contributed by atoms with van der Waals surface area (Å²) < 4.78 is 7.06. The second kappa shape index (κ2) is 7.33. The van der Waals surface area contributed by atoms with Gasteiger partial charge in [-0.15, -0.1) is 0 Å². The zero-order chi connectivity index (χ0) is 16.2. The van der Waals surface area contributed by atoms with Crippen LogP contribution in [0.1, 0.15) is 12.8 Å². The molecule has 1 aromatic rings. The first-order valence-corrected chi connectivity index (χ1v) is 8.85. The minimum absolute atomic E-state index is 0.0136. The summed E-state index contributed by atoms with van der Waals surface area (Å²) in [6.07, 6.45) is 3.94. The molecule has 3 rings (SSSR count). The lowest BCUT2D eigenvalue weighted by Gasteiger charge is -2.33. The van der Waals surface area contributed by atoms with Gasteiger partial charge in [0.05, 0.1) is 10.7 Å². The Kier molecular flexibility index (Phi) is 5.19. The number of hydrogen-bond acceptors (Lipinski definition) is 6. The largest absolute Gasteiger partial charge is 0.489 e. The van der Waals surface area contributed by atoms with Gasteiger partial charge in [0.2, 0.25) is 0 Å². The monoisotopic (exact) mass is 399 g/mol. The zero-order valence-corrected chi connectivity index (χ0v) is 14.8. The van der Waals surface area contributed by atoms with Crippen molar-refractivity contribution in [2.75, 3.05) is 13.1 Å². The molecule has 0 aromatic heterocycles. The maximum atomic E-state index is 8.70. The minimum atomic E-state index is 0.0136. The van der Waals surface area contributed by atoms with E-state index in [-0.39, 0.29) is 12.1 Å².